The summed E-state index contributed by atoms with van der Waals surface area (Å²) in [6.07, 6.45) is 3.90. The van der Waals surface area contributed by atoms with Crippen molar-refractivity contribution in [3.05, 3.63) is 56.8 Å². The zero-order valence-corrected chi connectivity index (χ0v) is 14.1. The summed E-state index contributed by atoms with van der Waals surface area (Å²) in [7, 11) is 0. The van der Waals surface area contributed by atoms with Crippen molar-refractivity contribution in [2.45, 2.75) is 52.0 Å². The maximum atomic E-state index is 3.77. The van der Waals surface area contributed by atoms with E-state index in [0.29, 0.717) is 12.0 Å². The van der Waals surface area contributed by atoms with E-state index in [4.69, 9.17) is 0 Å². The third-order valence-electron chi connectivity index (χ3n) is 4.69. The van der Waals surface area contributed by atoms with Crippen molar-refractivity contribution in [1.82, 2.24) is 5.32 Å². The topological polar surface area (TPSA) is 12.0 Å². The summed E-state index contributed by atoms with van der Waals surface area (Å²) in [4.78, 5) is 1.61. The number of rotatable bonds is 4. The Bertz CT molecular complexity index is 614. The third kappa shape index (κ3) is 2.93. The monoisotopic (exact) mass is 299 g/mol. The summed E-state index contributed by atoms with van der Waals surface area (Å²) < 4.78 is 0. The minimum absolute atomic E-state index is 0.448. The summed E-state index contributed by atoms with van der Waals surface area (Å²) in [5.41, 5.74) is 5.85. The van der Waals surface area contributed by atoms with Crippen LogP contribution in [-0.2, 0) is 6.42 Å². The molecule has 112 valence electrons. The molecule has 0 amide bonds. The minimum Gasteiger partial charge on any atom is -0.310 e. The lowest BCUT2D eigenvalue weighted by molar-refractivity contribution is 0.410. The molecule has 0 saturated heterocycles. The summed E-state index contributed by atoms with van der Waals surface area (Å²) in [6, 6.07) is 9.68. The Hall–Kier alpha value is -1.12. The van der Waals surface area contributed by atoms with Crippen LogP contribution in [0.1, 0.15) is 58.9 Å². The van der Waals surface area contributed by atoms with Gasteiger partial charge in [0.15, 0.2) is 0 Å². The van der Waals surface area contributed by atoms with Crippen LogP contribution < -0.4 is 5.32 Å². The molecular formula is C19H25NS. The molecule has 21 heavy (non-hydrogen) atoms. The van der Waals surface area contributed by atoms with Gasteiger partial charge in [-0.1, -0.05) is 30.7 Å². The first-order chi connectivity index (χ1) is 10.2. The van der Waals surface area contributed by atoms with E-state index in [-0.39, 0.29) is 0 Å². The molecule has 1 aliphatic carbocycles. The third-order valence-corrected chi connectivity index (χ3v) is 5.69. The predicted octanol–water partition coefficient (Wildman–Crippen LogP) is 5.14. The van der Waals surface area contributed by atoms with Gasteiger partial charge in [0.05, 0.1) is 0 Å². The van der Waals surface area contributed by atoms with E-state index >= 15 is 0 Å². The number of hydrogen-bond donors (Lipinski definition) is 1. The van der Waals surface area contributed by atoms with Crippen molar-refractivity contribution in [2.75, 3.05) is 6.54 Å². The van der Waals surface area contributed by atoms with Crippen LogP contribution in [0.2, 0.25) is 0 Å². The standard InChI is InChI=1S/C19H25NS/c1-4-20-19(17-12-13(2)8-9-14(17)3)16-6-5-7-18-15(16)10-11-21-18/h8-12,16,19-20H,4-7H2,1-3H3. The van der Waals surface area contributed by atoms with Crippen LogP contribution in [-0.4, -0.2) is 6.54 Å². The van der Waals surface area contributed by atoms with Gasteiger partial charge < -0.3 is 5.32 Å². The zero-order chi connectivity index (χ0) is 14.8. The molecule has 2 unspecified atom stereocenters. The van der Waals surface area contributed by atoms with Crippen molar-refractivity contribution >= 4 is 11.3 Å². The Morgan fingerprint density at radius 3 is 2.95 bits per heavy atom. The molecule has 1 N–H and O–H groups in total. The summed E-state index contributed by atoms with van der Waals surface area (Å²) in [6.45, 7) is 7.68. The van der Waals surface area contributed by atoms with Gasteiger partial charge in [-0.25, -0.2) is 0 Å². The Kier molecular flexibility index (Phi) is 4.46. The second kappa shape index (κ2) is 6.33. The molecule has 0 aliphatic heterocycles. The smallest absolute Gasteiger partial charge is 0.0392 e. The highest BCUT2D eigenvalue weighted by Gasteiger charge is 2.30. The van der Waals surface area contributed by atoms with Crippen molar-refractivity contribution in [1.29, 1.82) is 0 Å². The molecule has 0 bridgehead atoms. The summed E-state index contributed by atoms with van der Waals surface area (Å²) in [5, 5.41) is 6.04. The molecule has 1 aliphatic rings. The fourth-order valence-electron chi connectivity index (χ4n) is 3.65. The van der Waals surface area contributed by atoms with E-state index in [1.54, 1.807) is 10.4 Å². The number of aryl methyl sites for hydroxylation is 3. The highest BCUT2D eigenvalue weighted by Crippen LogP contribution is 2.43. The first-order valence-electron chi connectivity index (χ1n) is 8.07. The second-order valence-corrected chi connectivity index (χ2v) is 7.19. The lowest BCUT2D eigenvalue weighted by Crippen LogP contribution is -2.29. The van der Waals surface area contributed by atoms with Gasteiger partial charge in [0.25, 0.3) is 0 Å². The Morgan fingerprint density at radius 1 is 1.29 bits per heavy atom. The SMILES string of the molecule is CCNC(c1cc(C)ccc1C)C1CCCc2sccc21. The Balaban J connectivity index is 2.01. The molecule has 0 spiro atoms. The number of hydrogen-bond acceptors (Lipinski definition) is 2. The normalized spacial score (nSPS) is 19.3. The molecule has 2 heteroatoms. The van der Waals surface area contributed by atoms with Gasteiger partial charge in [-0.3, -0.25) is 0 Å². The maximum absolute atomic E-state index is 3.77. The molecule has 2 atom stereocenters. The fraction of sp³-hybridized carbons (Fsp3) is 0.474. The van der Waals surface area contributed by atoms with Crippen LogP contribution in [0.5, 0.6) is 0 Å². The first kappa shape index (κ1) is 14.8. The van der Waals surface area contributed by atoms with Crippen molar-refractivity contribution in [3.63, 3.8) is 0 Å². The molecule has 2 aromatic rings. The Morgan fingerprint density at radius 2 is 2.14 bits per heavy atom. The number of nitrogens with one attached hydrogen (secondary N) is 1. The van der Waals surface area contributed by atoms with Crippen LogP contribution in [0.25, 0.3) is 0 Å². The average Bonchev–Trinajstić information content (AvgIpc) is 2.96. The molecular weight excluding hydrogens is 274 g/mol. The lowest BCUT2D eigenvalue weighted by atomic mass is 9.78. The summed E-state index contributed by atoms with van der Waals surface area (Å²) in [5.74, 6) is 0.625. The lowest BCUT2D eigenvalue weighted by Gasteiger charge is -2.33. The predicted molar refractivity (Wildman–Crippen MR) is 92.3 cm³/mol. The van der Waals surface area contributed by atoms with Gasteiger partial charge in [0, 0.05) is 16.8 Å². The number of thiophene rings is 1. The van der Waals surface area contributed by atoms with E-state index in [1.165, 1.54) is 36.0 Å². The average molecular weight is 299 g/mol. The number of benzene rings is 1. The van der Waals surface area contributed by atoms with E-state index in [1.807, 2.05) is 11.3 Å². The van der Waals surface area contributed by atoms with Crippen LogP contribution in [0.3, 0.4) is 0 Å². The second-order valence-electron chi connectivity index (χ2n) is 6.19. The van der Waals surface area contributed by atoms with Crippen molar-refractivity contribution in [2.24, 2.45) is 0 Å². The van der Waals surface area contributed by atoms with E-state index < -0.39 is 0 Å². The first-order valence-corrected chi connectivity index (χ1v) is 8.95. The number of likely N-dealkylation sites (N-methyl/N-ethyl adjacent to an activating group) is 1. The molecule has 1 heterocycles. The van der Waals surface area contributed by atoms with E-state index in [0.717, 1.165) is 6.54 Å². The maximum Gasteiger partial charge on any atom is 0.0392 e. The van der Waals surface area contributed by atoms with Gasteiger partial charge >= 0.3 is 0 Å². The minimum atomic E-state index is 0.448. The molecule has 3 rings (SSSR count). The van der Waals surface area contributed by atoms with Crippen molar-refractivity contribution in [3.8, 4) is 0 Å². The molecule has 0 fully saturated rings. The highest BCUT2D eigenvalue weighted by atomic mass is 32.1. The largest absolute Gasteiger partial charge is 0.310 e. The van der Waals surface area contributed by atoms with E-state index in [9.17, 15) is 0 Å². The molecule has 0 radical (unpaired) electrons. The molecule has 0 saturated carbocycles. The van der Waals surface area contributed by atoms with Crippen LogP contribution >= 0.6 is 11.3 Å². The van der Waals surface area contributed by atoms with Crippen molar-refractivity contribution < 1.29 is 0 Å². The zero-order valence-electron chi connectivity index (χ0n) is 13.3. The molecule has 1 aromatic heterocycles. The molecule has 1 aromatic carbocycles. The van der Waals surface area contributed by atoms with Gasteiger partial charge in [0.2, 0.25) is 0 Å². The van der Waals surface area contributed by atoms with E-state index in [2.05, 4.69) is 55.7 Å². The fourth-order valence-corrected chi connectivity index (χ4v) is 4.65. The van der Waals surface area contributed by atoms with Gasteiger partial charge in [-0.05, 0) is 67.8 Å². The Labute approximate surface area is 132 Å². The highest BCUT2D eigenvalue weighted by molar-refractivity contribution is 7.10. The van der Waals surface area contributed by atoms with Crippen LogP contribution in [0.4, 0.5) is 0 Å². The van der Waals surface area contributed by atoms with Gasteiger partial charge in [0.1, 0.15) is 0 Å². The summed E-state index contributed by atoms with van der Waals surface area (Å²) >= 11 is 1.94. The van der Waals surface area contributed by atoms with Crippen LogP contribution in [0.15, 0.2) is 29.6 Å². The molecule has 1 nitrogen and oxygen atoms in total. The van der Waals surface area contributed by atoms with Gasteiger partial charge in [-0.2, -0.15) is 0 Å². The van der Waals surface area contributed by atoms with Gasteiger partial charge in [-0.15, -0.1) is 11.3 Å². The number of fused-ring (bicyclic) bond motifs is 1. The van der Waals surface area contributed by atoms with Crippen LogP contribution in [0, 0.1) is 13.8 Å². The quantitative estimate of drug-likeness (QED) is 0.824.